The van der Waals surface area contributed by atoms with Crippen molar-refractivity contribution in [1.29, 1.82) is 5.26 Å². The second kappa shape index (κ2) is 12.0. The van der Waals surface area contributed by atoms with Crippen LogP contribution in [0.4, 0.5) is 8.78 Å². The summed E-state index contributed by atoms with van der Waals surface area (Å²) >= 11 is 6.04. The molecule has 13 heteroatoms. The van der Waals surface area contributed by atoms with Crippen molar-refractivity contribution < 1.29 is 27.9 Å². The summed E-state index contributed by atoms with van der Waals surface area (Å²) < 4.78 is 31.4. The first-order valence-corrected chi connectivity index (χ1v) is 14.1. The molecule has 5 rings (SSSR count). The van der Waals surface area contributed by atoms with Crippen LogP contribution in [0.2, 0.25) is 5.02 Å². The zero-order valence-electron chi connectivity index (χ0n) is 23.7. The van der Waals surface area contributed by atoms with Crippen LogP contribution in [0, 0.1) is 11.3 Å². The molecule has 2 aliphatic heterocycles. The van der Waals surface area contributed by atoms with Gasteiger partial charge < -0.3 is 19.9 Å². The maximum absolute atomic E-state index is 14.3. The summed E-state index contributed by atoms with van der Waals surface area (Å²) in [6, 6.07) is 11.4. The number of hydrogen-bond acceptors (Lipinski definition) is 6. The molecule has 3 aromatic rings. The van der Waals surface area contributed by atoms with E-state index in [0.717, 1.165) is 0 Å². The highest BCUT2D eigenvalue weighted by Crippen LogP contribution is 2.35. The molecular formula is C30H29ClF2N6O4. The summed E-state index contributed by atoms with van der Waals surface area (Å²) in [6.45, 7) is 2.73. The molecule has 2 aromatic carbocycles. The van der Waals surface area contributed by atoms with Crippen molar-refractivity contribution in [1.82, 2.24) is 24.9 Å². The van der Waals surface area contributed by atoms with Gasteiger partial charge in [0.15, 0.2) is 0 Å². The summed E-state index contributed by atoms with van der Waals surface area (Å²) in [5.41, 5.74) is 2.74. The van der Waals surface area contributed by atoms with E-state index in [0.29, 0.717) is 40.5 Å². The Bertz CT molecular complexity index is 1620. The van der Waals surface area contributed by atoms with E-state index in [1.165, 1.54) is 31.2 Å². The van der Waals surface area contributed by atoms with E-state index in [-0.39, 0.29) is 53.7 Å². The molecular weight excluding hydrogens is 582 g/mol. The largest absolute Gasteiger partial charge is 0.435 e. The molecule has 0 bridgehead atoms. The smallest absolute Gasteiger partial charge is 0.387 e. The highest BCUT2D eigenvalue weighted by Gasteiger charge is 2.42. The fraction of sp³-hybridized carbons (Fsp3) is 0.367. The fourth-order valence-corrected chi connectivity index (χ4v) is 5.94. The van der Waals surface area contributed by atoms with Gasteiger partial charge in [-0.2, -0.15) is 19.1 Å². The molecule has 3 atom stereocenters. The van der Waals surface area contributed by atoms with Gasteiger partial charge >= 0.3 is 6.61 Å². The number of amides is 3. The van der Waals surface area contributed by atoms with Crippen molar-refractivity contribution in [2.45, 2.75) is 65.0 Å². The standard InChI is InChI=1S/C30H29ClF2N6O4/c1-16-10-26-25(15-37(16)28(41)24-9-6-21(31)11-20(24)12-34)27-29(42)39(22(13-35-18(3)40)14-38(27)36-26)17(2)19-4-7-23(8-5-19)43-30(32)33/h4-9,11,16-17,22,30H,10,13-15H2,1-3H3,(H,35,40)/t16-,17+,22+/m1/s1. The predicted molar refractivity (Wildman–Crippen MR) is 152 cm³/mol. The second-order valence-electron chi connectivity index (χ2n) is 10.7. The van der Waals surface area contributed by atoms with Gasteiger partial charge in [-0.25, -0.2) is 0 Å². The average Bonchev–Trinajstić information content (AvgIpc) is 3.32. The zero-order chi connectivity index (χ0) is 31.0. The van der Waals surface area contributed by atoms with Gasteiger partial charge in [0.2, 0.25) is 5.91 Å². The SMILES string of the molecule is CC(=O)NC[C@H]1Cn2nc3c(c2C(=O)N1[C@@H](C)c1ccc(OC(F)F)cc1)CN(C(=O)c1ccc(Cl)cc1C#N)[C@H](C)C3. The summed E-state index contributed by atoms with van der Waals surface area (Å²) in [5, 5.41) is 17.5. The number of benzene rings is 2. The molecule has 0 unspecified atom stereocenters. The minimum absolute atomic E-state index is 0.00279. The molecule has 10 nitrogen and oxygen atoms in total. The van der Waals surface area contributed by atoms with Crippen molar-refractivity contribution in [3.63, 3.8) is 0 Å². The van der Waals surface area contributed by atoms with Crippen LogP contribution in [-0.4, -0.2) is 62.5 Å². The number of alkyl halides is 2. The molecule has 0 saturated heterocycles. The number of fused-ring (bicyclic) bond motifs is 3. The molecule has 0 aliphatic carbocycles. The van der Waals surface area contributed by atoms with Gasteiger partial charge in [-0.15, -0.1) is 0 Å². The number of rotatable bonds is 7. The third-order valence-electron chi connectivity index (χ3n) is 7.88. The first-order chi connectivity index (χ1) is 20.5. The number of carbonyl (C=O) groups is 3. The second-order valence-corrected chi connectivity index (χ2v) is 11.1. The summed E-state index contributed by atoms with van der Waals surface area (Å²) in [6.07, 6.45) is 0.404. The molecule has 43 heavy (non-hydrogen) atoms. The Morgan fingerprint density at radius 2 is 1.95 bits per heavy atom. The fourth-order valence-electron chi connectivity index (χ4n) is 5.77. The zero-order valence-corrected chi connectivity index (χ0v) is 24.4. The minimum Gasteiger partial charge on any atom is -0.435 e. The Labute approximate surface area is 251 Å². The number of halogens is 3. The first kappa shape index (κ1) is 30.0. The predicted octanol–water partition coefficient (Wildman–Crippen LogP) is 4.32. The quantitative estimate of drug-likeness (QED) is 0.425. The van der Waals surface area contributed by atoms with Crippen LogP contribution in [0.5, 0.6) is 5.75 Å². The average molecular weight is 611 g/mol. The van der Waals surface area contributed by atoms with Gasteiger partial charge in [0.05, 0.1) is 42.0 Å². The van der Waals surface area contributed by atoms with Crippen LogP contribution >= 0.6 is 11.6 Å². The molecule has 0 fully saturated rings. The van der Waals surface area contributed by atoms with Gasteiger partial charge in [-0.05, 0) is 49.7 Å². The van der Waals surface area contributed by atoms with Crippen molar-refractivity contribution in [2.24, 2.45) is 0 Å². The van der Waals surface area contributed by atoms with Crippen molar-refractivity contribution >= 4 is 29.3 Å². The highest BCUT2D eigenvalue weighted by atomic mass is 35.5. The number of aromatic nitrogens is 2. The number of nitriles is 1. The van der Waals surface area contributed by atoms with E-state index in [9.17, 15) is 28.4 Å². The lowest BCUT2D eigenvalue weighted by atomic mass is 9.95. The van der Waals surface area contributed by atoms with Gasteiger partial charge in [0, 0.05) is 36.5 Å². The molecule has 3 amide bonds. The lowest BCUT2D eigenvalue weighted by Gasteiger charge is -2.41. The number of nitrogens with zero attached hydrogens (tertiary/aromatic N) is 5. The van der Waals surface area contributed by atoms with Gasteiger partial charge in [0.1, 0.15) is 17.5 Å². The van der Waals surface area contributed by atoms with E-state index in [1.807, 2.05) is 19.9 Å². The van der Waals surface area contributed by atoms with Crippen LogP contribution in [0.25, 0.3) is 0 Å². The molecule has 2 aliphatic rings. The molecule has 0 radical (unpaired) electrons. The Morgan fingerprint density at radius 1 is 1.23 bits per heavy atom. The number of nitrogens with one attached hydrogen (secondary N) is 1. The van der Waals surface area contributed by atoms with E-state index >= 15 is 0 Å². The topological polar surface area (TPSA) is 121 Å². The van der Waals surface area contributed by atoms with E-state index in [2.05, 4.69) is 10.1 Å². The third kappa shape index (κ3) is 5.90. The lowest BCUT2D eigenvalue weighted by molar-refractivity contribution is -0.119. The minimum atomic E-state index is -2.96. The van der Waals surface area contributed by atoms with Gasteiger partial charge in [-0.3, -0.25) is 19.1 Å². The maximum Gasteiger partial charge on any atom is 0.387 e. The van der Waals surface area contributed by atoms with Crippen LogP contribution in [0.1, 0.15) is 70.0 Å². The van der Waals surface area contributed by atoms with Gasteiger partial charge in [0.25, 0.3) is 11.8 Å². The Balaban J connectivity index is 1.49. The van der Waals surface area contributed by atoms with Crippen LogP contribution < -0.4 is 10.1 Å². The van der Waals surface area contributed by atoms with E-state index in [1.54, 1.807) is 32.7 Å². The monoisotopic (exact) mass is 610 g/mol. The molecule has 1 N–H and O–H groups in total. The molecule has 0 saturated carbocycles. The van der Waals surface area contributed by atoms with E-state index < -0.39 is 18.7 Å². The summed E-state index contributed by atoms with van der Waals surface area (Å²) in [5.74, 6) is -0.936. The number of carbonyl (C=O) groups excluding carboxylic acids is 3. The van der Waals surface area contributed by atoms with Crippen molar-refractivity contribution in [3.05, 3.63) is 81.1 Å². The number of hydrogen-bond donors (Lipinski definition) is 1. The summed E-state index contributed by atoms with van der Waals surface area (Å²) in [4.78, 5) is 43.0. The maximum atomic E-state index is 14.3. The Hall–Kier alpha value is -4.50. The normalized spacial score (nSPS) is 18.5. The van der Waals surface area contributed by atoms with Crippen LogP contribution in [0.3, 0.4) is 0 Å². The van der Waals surface area contributed by atoms with Crippen molar-refractivity contribution in [2.75, 3.05) is 6.54 Å². The van der Waals surface area contributed by atoms with Crippen LogP contribution in [0.15, 0.2) is 42.5 Å². The molecule has 1 aromatic heterocycles. The van der Waals surface area contributed by atoms with Crippen molar-refractivity contribution in [3.8, 4) is 11.8 Å². The Kier molecular flexibility index (Phi) is 8.37. The molecule has 224 valence electrons. The number of ether oxygens (including phenoxy) is 1. The summed E-state index contributed by atoms with van der Waals surface area (Å²) in [7, 11) is 0. The lowest BCUT2D eigenvalue weighted by Crippen LogP contribution is -2.54. The van der Waals surface area contributed by atoms with Gasteiger partial charge in [-0.1, -0.05) is 23.7 Å². The Morgan fingerprint density at radius 3 is 2.60 bits per heavy atom. The third-order valence-corrected chi connectivity index (χ3v) is 8.12. The highest BCUT2D eigenvalue weighted by molar-refractivity contribution is 6.30. The first-order valence-electron chi connectivity index (χ1n) is 13.7. The van der Waals surface area contributed by atoms with E-state index in [4.69, 9.17) is 16.7 Å². The van der Waals surface area contributed by atoms with Crippen LogP contribution in [-0.2, 0) is 24.3 Å². The molecule has 3 heterocycles. The molecule has 0 spiro atoms.